The summed E-state index contributed by atoms with van der Waals surface area (Å²) >= 11 is 0. The lowest BCUT2D eigenvalue weighted by atomic mass is 9.89. The Hall–Kier alpha value is -5.18. The SMILES string of the molecule is C=CCOc1cc(C/C(C(=O)c2ccc(OC)cc2)=C(\C(=O)O)c2ccc3c(c2)OCO3)cc(OC)c1OCC=C. The summed E-state index contributed by atoms with van der Waals surface area (Å²) in [6.45, 7) is 7.78. The van der Waals surface area contributed by atoms with Gasteiger partial charge in [0.2, 0.25) is 12.5 Å². The molecule has 9 heteroatoms. The zero-order valence-corrected chi connectivity index (χ0v) is 22.8. The van der Waals surface area contributed by atoms with Gasteiger partial charge in [0.25, 0.3) is 0 Å². The Kier molecular flexibility index (Phi) is 9.32. The molecule has 0 radical (unpaired) electrons. The molecule has 0 fully saturated rings. The van der Waals surface area contributed by atoms with Gasteiger partial charge in [0, 0.05) is 17.6 Å². The van der Waals surface area contributed by atoms with Crippen molar-refractivity contribution in [3.8, 4) is 34.5 Å². The van der Waals surface area contributed by atoms with Crippen LogP contribution in [0.5, 0.6) is 34.5 Å². The van der Waals surface area contributed by atoms with Gasteiger partial charge in [0.15, 0.2) is 28.8 Å². The highest BCUT2D eigenvalue weighted by molar-refractivity contribution is 6.26. The van der Waals surface area contributed by atoms with E-state index in [-0.39, 0.29) is 37.6 Å². The summed E-state index contributed by atoms with van der Waals surface area (Å²) in [4.78, 5) is 26.8. The minimum absolute atomic E-state index is 0.0239. The van der Waals surface area contributed by atoms with Gasteiger partial charge < -0.3 is 33.5 Å². The highest BCUT2D eigenvalue weighted by Crippen LogP contribution is 2.41. The number of carboxylic acid groups (broad SMARTS) is 1. The summed E-state index contributed by atoms with van der Waals surface area (Å²) in [5.74, 6) is 0.735. The summed E-state index contributed by atoms with van der Waals surface area (Å²) in [6, 6.07) is 14.6. The molecule has 41 heavy (non-hydrogen) atoms. The summed E-state index contributed by atoms with van der Waals surface area (Å²) in [6.07, 6.45) is 3.10. The van der Waals surface area contributed by atoms with Crippen molar-refractivity contribution in [3.05, 3.63) is 102 Å². The molecule has 0 saturated carbocycles. The maximum atomic E-state index is 14.0. The standard InChI is InChI=1S/C32H30O9/c1-5-13-38-28-17-20(16-27(37-4)31(28)39-14-6-2)15-24(30(33)21-7-10-23(36-3)11-8-21)29(32(34)35)22-9-12-25-26(18-22)41-19-40-25/h5-12,16-18H,1-2,13-15,19H2,3-4H3,(H,34,35)/b29-24+. The van der Waals surface area contributed by atoms with Crippen LogP contribution in [-0.2, 0) is 11.2 Å². The molecule has 1 aliphatic heterocycles. The molecule has 3 aromatic rings. The summed E-state index contributed by atoms with van der Waals surface area (Å²) in [7, 11) is 3.00. The third-order valence-electron chi connectivity index (χ3n) is 6.19. The smallest absolute Gasteiger partial charge is 0.336 e. The third-order valence-corrected chi connectivity index (χ3v) is 6.19. The van der Waals surface area contributed by atoms with E-state index in [1.807, 2.05) is 0 Å². The topological polar surface area (TPSA) is 110 Å². The molecule has 0 aromatic heterocycles. The number of benzene rings is 3. The van der Waals surface area contributed by atoms with E-state index >= 15 is 0 Å². The Morgan fingerprint density at radius 2 is 1.51 bits per heavy atom. The molecule has 0 atom stereocenters. The number of hydrogen-bond donors (Lipinski definition) is 1. The van der Waals surface area contributed by atoms with Crippen molar-refractivity contribution in [1.82, 2.24) is 0 Å². The molecule has 0 spiro atoms. The summed E-state index contributed by atoms with van der Waals surface area (Å²) < 4.78 is 33.3. The van der Waals surface area contributed by atoms with Crippen LogP contribution >= 0.6 is 0 Å². The van der Waals surface area contributed by atoms with Crippen LogP contribution in [0.15, 0.2) is 85.5 Å². The van der Waals surface area contributed by atoms with Gasteiger partial charge in [-0.15, -0.1) is 0 Å². The van der Waals surface area contributed by atoms with Crippen LogP contribution in [0, 0.1) is 0 Å². The molecule has 0 unspecified atom stereocenters. The number of Topliss-reactive ketones (excluding diaryl/α,β-unsaturated/α-hetero) is 1. The van der Waals surface area contributed by atoms with Crippen LogP contribution in [0.4, 0.5) is 0 Å². The Morgan fingerprint density at radius 3 is 2.17 bits per heavy atom. The van der Waals surface area contributed by atoms with Crippen LogP contribution < -0.4 is 28.4 Å². The van der Waals surface area contributed by atoms with Crippen molar-refractivity contribution >= 4 is 17.3 Å². The predicted octanol–water partition coefficient (Wildman–Crippen LogP) is 5.53. The number of carboxylic acids is 1. The molecular formula is C32H30O9. The molecule has 212 valence electrons. The van der Waals surface area contributed by atoms with E-state index in [0.29, 0.717) is 51.2 Å². The number of fused-ring (bicyclic) bond motifs is 1. The number of ether oxygens (including phenoxy) is 6. The zero-order valence-electron chi connectivity index (χ0n) is 22.8. The molecule has 4 rings (SSSR count). The first kappa shape index (κ1) is 28.8. The monoisotopic (exact) mass is 558 g/mol. The molecule has 0 saturated heterocycles. The highest BCUT2D eigenvalue weighted by Gasteiger charge is 2.27. The molecule has 0 aliphatic carbocycles. The fourth-order valence-corrected chi connectivity index (χ4v) is 4.31. The zero-order chi connectivity index (χ0) is 29.4. The van der Waals surface area contributed by atoms with Crippen molar-refractivity contribution in [3.63, 3.8) is 0 Å². The van der Waals surface area contributed by atoms with Gasteiger partial charge in [-0.1, -0.05) is 31.4 Å². The first-order valence-electron chi connectivity index (χ1n) is 12.6. The Morgan fingerprint density at radius 1 is 0.854 bits per heavy atom. The van der Waals surface area contributed by atoms with E-state index < -0.39 is 11.8 Å². The first-order chi connectivity index (χ1) is 19.9. The van der Waals surface area contributed by atoms with Crippen LogP contribution in [0.1, 0.15) is 21.5 Å². The fourth-order valence-electron chi connectivity index (χ4n) is 4.31. The molecule has 0 amide bonds. The quantitative estimate of drug-likeness (QED) is 0.155. The molecule has 9 nitrogen and oxygen atoms in total. The van der Waals surface area contributed by atoms with Gasteiger partial charge in [0.1, 0.15) is 19.0 Å². The number of ketones is 1. The number of methoxy groups -OCH3 is 2. The van der Waals surface area contributed by atoms with E-state index in [1.165, 1.54) is 14.2 Å². The molecule has 0 bridgehead atoms. The van der Waals surface area contributed by atoms with E-state index in [0.717, 1.165) is 0 Å². The average Bonchev–Trinajstić information content (AvgIpc) is 3.46. The highest BCUT2D eigenvalue weighted by atomic mass is 16.7. The molecule has 3 aromatic carbocycles. The molecular weight excluding hydrogens is 528 g/mol. The Balaban J connectivity index is 1.89. The third kappa shape index (κ3) is 6.52. The number of allylic oxidation sites excluding steroid dienone is 1. The van der Waals surface area contributed by atoms with Crippen LogP contribution in [-0.4, -0.2) is 51.1 Å². The number of carbonyl (C=O) groups is 2. The normalized spacial score (nSPS) is 12.1. The minimum Gasteiger partial charge on any atom is -0.497 e. The summed E-state index contributed by atoms with van der Waals surface area (Å²) in [5, 5.41) is 10.4. The van der Waals surface area contributed by atoms with E-state index in [2.05, 4.69) is 13.2 Å². The van der Waals surface area contributed by atoms with Crippen molar-refractivity contribution in [2.45, 2.75) is 6.42 Å². The molecule has 1 N–H and O–H groups in total. The van der Waals surface area contributed by atoms with Gasteiger partial charge >= 0.3 is 5.97 Å². The van der Waals surface area contributed by atoms with Gasteiger partial charge in [-0.05, 0) is 59.7 Å². The Bertz CT molecular complexity index is 1490. The lowest BCUT2D eigenvalue weighted by Crippen LogP contribution is -2.14. The second-order valence-corrected chi connectivity index (χ2v) is 8.79. The van der Waals surface area contributed by atoms with Gasteiger partial charge in [-0.3, -0.25) is 4.79 Å². The number of rotatable bonds is 14. The largest absolute Gasteiger partial charge is 0.497 e. The minimum atomic E-state index is -1.28. The Labute approximate surface area is 237 Å². The fraction of sp³-hybridized carbons (Fsp3) is 0.188. The first-order valence-corrected chi connectivity index (χ1v) is 12.6. The van der Waals surface area contributed by atoms with Crippen LogP contribution in [0.25, 0.3) is 5.57 Å². The summed E-state index contributed by atoms with van der Waals surface area (Å²) in [5.41, 5.74) is 1.01. The van der Waals surface area contributed by atoms with Crippen molar-refractivity contribution < 1.29 is 43.1 Å². The van der Waals surface area contributed by atoms with Crippen LogP contribution in [0.3, 0.4) is 0 Å². The van der Waals surface area contributed by atoms with Crippen molar-refractivity contribution in [2.75, 3.05) is 34.2 Å². The van der Waals surface area contributed by atoms with Crippen molar-refractivity contribution in [1.29, 1.82) is 0 Å². The lowest BCUT2D eigenvalue weighted by Gasteiger charge is -2.18. The van der Waals surface area contributed by atoms with Gasteiger partial charge in [-0.2, -0.15) is 0 Å². The lowest BCUT2D eigenvalue weighted by molar-refractivity contribution is -0.130. The second-order valence-electron chi connectivity index (χ2n) is 8.79. The molecule has 1 heterocycles. The second kappa shape index (κ2) is 13.3. The van der Waals surface area contributed by atoms with E-state index in [4.69, 9.17) is 28.4 Å². The number of aliphatic carboxylic acids is 1. The molecule has 1 aliphatic rings. The number of carbonyl (C=O) groups excluding carboxylic acids is 1. The van der Waals surface area contributed by atoms with E-state index in [9.17, 15) is 14.7 Å². The average molecular weight is 559 g/mol. The maximum absolute atomic E-state index is 14.0. The number of hydrogen-bond acceptors (Lipinski definition) is 8. The van der Waals surface area contributed by atoms with Crippen molar-refractivity contribution in [2.24, 2.45) is 0 Å². The van der Waals surface area contributed by atoms with Gasteiger partial charge in [0.05, 0.1) is 19.8 Å². The van der Waals surface area contributed by atoms with E-state index in [1.54, 1.807) is 66.7 Å². The van der Waals surface area contributed by atoms with Crippen LogP contribution in [0.2, 0.25) is 0 Å². The maximum Gasteiger partial charge on any atom is 0.336 e. The predicted molar refractivity (Wildman–Crippen MR) is 153 cm³/mol. The van der Waals surface area contributed by atoms with Gasteiger partial charge in [-0.25, -0.2) is 4.79 Å².